The number of nitrogens with one attached hydrogen (secondary N) is 3. The second-order valence-corrected chi connectivity index (χ2v) is 7.71. The number of likely N-dealkylation sites (N-methyl/N-ethyl adjacent to an activating group) is 1. The second kappa shape index (κ2) is 6.47. The molecule has 1 aliphatic heterocycles. The van der Waals surface area contributed by atoms with Gasteiger partial charge in [-0.2, -0.15) is 0 Å². The number of carbonyl (C=O) groups excluding carboxylic acids is 3. The summed E-state index contributed by atoms with van der Waals surface area (Å²) in [5.41, 5.74) is -0.852. The molecule has 1 spiro atoms. The van der Waals surface area contributed by atoms with Crippen LogP contribution in [0.2, 0.25) is 0 Å². The lowest BCUT2D eigenvalue weighted by Crippen LogP contribution is -2.54. The first-order valence-corrected chi connectivity index (χ1v) is 8.24. The summed E-state index contributed by atoms with van der Waals surface area (Å²) >= 11 is 0. The predicted molar refractivity (Wildman–Crippen MR) is 86.7 cm³/mol. The molecular formula is C16H28N4O3. The zero-order valence-corrected chi connectivity index (χ0v) is 14.5. The maximum absolute atomic E-state index is 12.8. The van der Waals surface area contributed by atoms with E-state index in [1.807, 2.05) is 0 Å². The van der Waals surface area contributed by atoms with Gasteiger partial charge in [0.05, 0.1) is 0 Å². The Balaban J connectivity index is 2.06. The van der Waals surface area contributed by atoms with E-state index in [4.69, 9.17) is 0 Å². The number of carbonyl (C=O) groups is 3. The maximum atomic E-state index is 12.8. The Morgan fingerprint density at radius 1 is 1.30 bits per heavy atom. The molecule has 1 saturated carbocycles. The molecule has 23 heavy (non-hydrogen) atoms. The molecule has 2 atom stereocenters. The van der Waals surface area contributed by atoms with E-state index in [0.29, 0.717) is 31.8 Å². The fourth-order valence-electron chi connectivity index (χ4n) is 4.18. The largest absolute Gasteiger partial charge is 0.353 e. The Kier molecular flexibility index (Phi) is 4.98. The van der Waals surface area contributed by atoms with Gasteiger partial charge in [0.2, 0.25) is 5.91 Å². The number of hydrogen-bond donors (Lipinski definition) is 3. The molecule has 7 nitrogen and oxygen atoms in total. The molecule has 4 amide bonds. The first-order valence-electron chi connectivity index (χ1n) is 8.24. The van der Waals surface area contributed by atoms with Gasteiger partial charge in [-0.15, -0.1) is 0 Å². The van der Waals surface area contributed by atoms with Gasteiger partial charge in [-0.25, -0.2) is 4.79 Å². The lowest BCUT2D eigenvalue weighted by molar-refractivity contribution is -0.137. The van der Waals surface area contributed by atoms with Crippen molar-refractivity contribution < 1.29 is 14.4 Å². The van der Waals surface area contributed by atoms with E-state index in [-0.39, 0.29) is 23.8 Å². The van der Waals surface area contributed by atoms with Crippen molar-refractivity contribution in [1.82, 2.24) is 20.9 Å². The summed E-state index contributed by atoms with van der Waals surface area (Å²) in [6.07, 6.45) is 2.29. The molecule has 2 aliphatic rings. The molecule has 0 aromatic rings. The van der Waals surface area contributed by atoms with Crippen LogP contribution < -0.4 is 16.0 Å². The van der Waals surface area contributed by atoms with Crippen LogP contribution in [0.1, 0.15) is 40.0 Å². The SMILES string of the molecule is CNCCNC(=O)CN1C(=O)NC2(CC(C)CC(C)(C)C2)C1=O. The summed E-state index contributed by atoms with van der Waals surface area (Å²) in [6.45, 7) is 7.24. The van der Waals surface area contributed by atoms with Crippen molar-refractivity contribution in [2.75, 3.05) is 26.7 Å². The molecule has 2 fully saturated rings. The minimum absolute atomic E-state index is 0.00826. The lowest BCUT2D eigenvalue weighted by Gasteiger charge is -2.43. The second-order valence-electron chi connectivity index (χ2n) is 7.71. The fourth-order valence-corrected chi connectivity index (χ4v) is 4.18. The molecule has 130 valence electrons. The molecule has 0 bridgehead atoms. The minimum Gasteiger partial charge on any atom is -0.353 e. The molecule has 3 N–H and O–H groups in total. The van der Waals surface area contributed by atoms with Crippen molar-refractivity contribution in [3.05, 3.63) is 0 Å². The van der Waals surface area contributed by atoms with Gasteiger partial charge in [0.25, 0.3) is 5.91 Å². The van der Waals surface area contributed by atoms with Gasteiger partial charge in [-0.3, -0.25) is 14.5 Å². The predicted octanol–water partition coefficient (Wildman–Crippen LogP) is 0.459. The molecular weight excluding hydrogens is 296 g/mol. The Hall–Kier alpha value is -1.63. The topological polar surface area (TPSA) is 90.5 Å². The van der Waals surface area contributed by atoms with Crippen LogP contribution in [-0.2, 0) is 9.59 Å². The Bertz CT molecular complexity index is 506. The van der Waals surface area contributed by atoms with E-state index >= 15 is 0 Å². The highest BCUT2D eigenvalue weighted by atomic mass is 16.2. The molecule has 2 rings (SSSR count). The van der Waals surface area contributed by atoms with Crippen LogP contribution in [0.5, 0.6) is 0 Å². The summed E-state index contributed by atoms with van der Waals surface area (Å²) in [6, 6.07) is -0.455. The maximum Gasteiger partial charge on any atom is 0.325 e. The summed E-state index contributed by atoms with van der Waals surface area (Å²) < 4.78 is 0. The summed E-state index contributed by atoms with van der Waals surface area (Å²) in [5.74, 6) is -0.220. The lowest BCUT2D eigenvalue weighted by atomic mass is 9.64. The van der Waals surface area contributed by atoms with Crippen molar-refractivity contribution >= 4 is 17.8 Å². The van der Waals surface area contributed by atoms with Crippen LogP contribution in [0.3, 0.4) is 0 Å². The van der Waals surface area contributed by atoms with Gasteiger partial charge in [0.15, 0.2) is 0 Å². The van der Waals surface area contributed by atoms with Crippen LogP contribution in [0.25, 0.3) is 0 Å². The van der Waals surface area contributed by atoms with Crippen molar-refractivity contribution in [2.45, 2.75) is 45.6 Å². The Labute approximate surface area is 137 Å². The minimum atomic E-state index is -0.844. The standard InChI is InChI=1S/C16H28N4O3/c1-11-7-15(2,3)10-16(8-11)13(22)20(14(23)19-16)9-12(21)18-6-5-17-4/h11,17H,5-10H2,1-4H3,(H,18,21)(H,19,23). The average molecular weight is 324 g/mol. The van der Waals surface area contributed by atoms with Gasteiger partial charge in [0.1, 0.15) is 12.1 Å². The van der Waals surface area contributed by atoms with E-state index in [1.165, 1.54) is 0 Å². The number of amides is 4. The zero-order valence-electron chi connectivity index (χ0n) is 14.5. The summed E-state index contributed by atoms with van der Waals surface area (Å²) in [7, 11) is 1.79. The third-order valence-corrected chi connectivity index (χ3v) is 4.62. The number of rotatable bonds is 5. The van der Waals surface area contributed by atoms with Crippen LogP contribution in [-0.4, -0.2) is 55.0 Å². The van der Waals surface area contributed by atoms with Crippen LogP contribution in [0, 0.1) is 11.3 Å². The van der Waals surface area contributed by atoms with Gasteiger partial charge in [-0.1, -0.05) is 20.8 Å². The highest BCUT2D eigenvalue weighted by Gasteiger charge is 2.56. The highest BCUT2D eigenvalue weighted by Crippen LogP contribution is 2.46. The Morgan fingerprint density at radius 2 is 2.00 bits per heavy atom. The third-order valence-electron chi connectivity index (χ3n) is 4.62. The summed E-state index contributed by atoms with van der Waals surface area (Å²) in [4.78, 5) is 38.1. The number of urea groups is 1. The van der Waals surface area contributed by atoms with E-state index in [0.717, 1.165) is 11.3 Å². The molecule has 0 aromatic carbocycles. The number of imide groups is 1. The van der Waals surface area contributed by atoms with E-state index in [9.17, 15) is 14.4 Å². The molecule has 7 heteroatoms. The van der Waals surface area contributed by atoms with Crippen molar-refractivity contribution in [3.63, 3.8) is 0 Å². The zero-order chi connectivity index (χ0) is 17.3. The first kappa shape index (κ1) is 17.7. The van der Waals surface area contributed by atoms with E-state index in [2.05, 4.69) is 36.7 Å². The molecule has 1 aliphatic carbocycles. The number of hydrogen-bond acceptors (Lipinski definition) is 4. The van der Waals surface area contributed by atoms with Gasteiger partial charge in [0, 0.05) is 13.1 Å². The van der Waals surface area contributed by atoms with Gasteiger partial charge < -0.3 is 16.0 Å². The fraction of sp³-hybridized carbons (Fsp3) is 0.812. The van der Waals surface area contributed by atoms with Crippen LogP contribution in [0.4, 0.5) is 4.79 Å². The molecule has 0 radical (unpaired) electrons. The molecule has 2 unspecified atom stereocenters. The Morgan fingerprint density at radius 3 is 2.61 bits per heavy atom. The molecule has 1 saturated heterocycles. The highest BCUT2D eigenvalue weighted by molar-refractivity contribution is 6.09. The van der Waals surface area contributed by atoms with Gasteiger partial charge >= 0.3 is 6.03 Å². The van der Waals surface area contributed by atoms with Crippen molar-refractivity contribution in [2.24, 2.45) is 11.3 Å². The van der Waals surface area contributed by atoms with Crippen LogP contribution in [0.15, 0.2) is 0 Å². The van der Waals surface area contributed by atoms with E-state index < -0.39 is 11.6 Å². The van der Waals surface area contributed by atoms with E-state index in [1.54, 1.807) is 7.05 Å². The van der Waals surface area contributed by atoms with Crippen molar-refractivity contribution in [3.8, 4) is 0 Å². The molecule has 0 aromatic heterocycles. The monoisotopic (exact) mass is 324 g/mol. The molecule has 1 heterocycles. The third kappa shape index (κ3) is 3.83. The smallest absolute Gasteiger partial charge is 0.325 e. The first-order chi connectivity index (χ1) is 10.7. The van der Waals surface area contributed by atoms with Crippen molar-refractivity contribution in [1.29, 1.82) is 0 Å². The average Bonchev–Trinajstić information content (AvgIpc) is 2.60. The quantitative estimate of drug-likeness (QED) is 0.506. The van der Waals surface area contributed by atoms with Gasteiger partial charge in [-0.05, 0) is 37.6 Å². The number of nitrogens with zero attached hydrogens (tertiary/aromatic N) is 1. The normalized spacial score (nSPS) is 29.7. The van der Waals surface area contributed by atoms with Crippen LogP contribution >= 0.6 is 0 Å². The summed E-state index contributed by atoms with van der Waals surface area (Å²) in [5, 5.41) is 8.49.